The van der Waals surface area contributed by atoms with Crippen molar-refractivity contribution in [2.24, 2.45) is 0 Å². The van der Waals surface area contributed by atoms with E-state index in [0.717, 1.165) is 13.0 Å². The second-order valence-corrected chi connectivity index (χ2v) is 3.05. The zero-order chi connectivity index (χ0) is 10.8. The van der Waals surface area contributed by atoms with E-state index in [-0.39, 0.29) is 12.3 Å². The third kappa shape index (κ3) is 8.99. The van der Waals surface area contributed by atoms with Crippen LogP contribution in [-0.2, 0) is 9.59 Å². The summed E-state index contributed by atoms with van der Waals surface area (Å²) in [6.07, 6.45) is 1.66. The Bertz CT molecular complexity index is 183. The number of amides is 1. The highest BCUT2D eigenvalue weighted by molar-refractivity contribution is 5.76. The third-order valence-electron chi connectivity index (χ3n) is 1.72. The largest absolute Gasteiger partial charge is 0.481 e. The number of carboxylic acid groups (broad SMARTS) is 1. The molecular weight excluding hydrogens is 184 g/mol. The predicted octanol–water partition coefficient (Wildman–Crippen LogP) is -0.0330. The molecule has 0 saturated heterocycles. The molecular formula is C9H18N2O3. The molecule has 1 amide bonds. The van der Waals surface area contributed by atoms with Gasteiger partial charge in [-0.15, -0.1) is 0 Å². The van der Waals surface area contributed by atoms with Gasteiger partial charge in [-0.1, -0.05) is 0 Å². The van der Waals surface area contributed by atoms with Gasteiger partial charge < -0.3 is 15.7 Å². The molecule has 5 heteroatoms. The van der Waals surface area contributed by atoms with E-state index < -0.39 is 5.97 Å². The molecule has 0 aromatic heterocycles. The normalized spacial score (nSPS) is 9.79. The van der Waals surface area contributed by atoms with Gasteiger partial charge in [0.2, 0.25) is 5.91 Å². The lowest BCUT2D eigenvalue weighted by Gasteiger charge is -2.03. The fourth-order valence-electron chi connectivity index (χ4n) is 0.982. The Morgan fingerprint density at radius 1 is 1.14 bits per heavy atom. The highest BCUT2D eigenvalue weighted by Crippen LogP contribution is 1.94. The number of aliphatic carboxylic acids is 1. The van der Waals surface area contributed by atoms with Gasteiger partial charge in [-0.05, 0) is 26.4 Å². The summed E-state index contributed by atoms with van der Waals surface area (Å²) in [5.74, 6) is -0.921. The van der Waals surface area contributed by atoms with Crippen molar-refractivity contribution in [3.05, 3.63) is 0 Å². The standard InChI is InChI=1S/C9H18N2O3/c1-10-6-3-7-11-8(12)4-2-5-9(13)14/h10H,2-7H2,1H3,(H,11,12)(H,13,14). The van der Waals surface area contributed by atoms with Crippen molar-refractivity contribution < 1.29 is 14.7 Å². The van der Waals surface area contributed by atoms with Crippen molar-refractivity contribution in [3.8, 4) is 0 Å². The van der Waals surface area contributed by atoms with Crippen molar-refractivity contribution in [1.82, 2.24) is 10.6 Å². The van der Waals surface area contributed by atoms with E-state index in [2.05, 4.69) is 10.6 Å². The summed E-state index contributed by atoms with van der Waals surface area (Å²) in [6.45, 7) is 1.52. The number of rotatable bonds is 8. The van der Waals surface area contributed by atoms with Crippen LogP contribution < -0.4 is 10.6 Å². The van der Waals surface area contributed by atoms with Gasteiger partial charge in [-0.2, -0.15) is 0 Å². The number of carbonyl (C=O) groups is 2. The van der Waals surface area contributed by atoms with E-state index in [4.69, 9.17) is 5.11 Å². The van der Waals surface area contributed by atoms with Gasteiger partial charge in [0.1, 0.15) is 0 Å². The molecule has 0 aromatic rings. The minimum Gasteiger partial charge on any atom is -0.481 e. The van der Waals surface area contributed by atoms with Gasteiger partial charge in [0.25, 0.3) is 0 Å². The number of nitrogens with one attached hydrogen (secondary N) is 2. The van der Waals surface area contributed by atoms with Crippen LogP contribution in [0.2, 0.25) is 0 Å². The number of hydrogen-bond acceptors (Lipinski definition) is 3. The molecule has 0 atom stereocenters. The van der Waals surface area contributed by atoms with Gasteiger partial charge in [0.15, 0.2) is 0 Å². The van der Waals surface area contributed by atoms with Crippen LogP contribution in [0.3, 0.4) is 0 Å². The average Bonchev–Trinajstić information content (AvgIpc) is 2.12. The first-order valence-electron chi connectivity index (χ1n) is 4.80. The Kier molecular flexibility index (Phi) is 7.83. The van der Waals surface area contributed by atoms with Gasteiger partial charge in [0.05, 0.1) is 0 Å². The van der Waals surface area contributed by atoms with Crippen LogP contribution in [0, 0.1) is 0 Å². The number of carbonyl (C=O) groups excluding carboxylic acids is 1. The Hall–Kier alpha value is -1.10. The second kappa shape index (κ2) is 8.50. The first-order chi connectivity index (χ1) is 6.66. The summed E-state index contributed by atoms with van der Waals surface area (Å²) in [5.41, 5.74) is 0. The van der Waals surface area contributed by atoms with Gasteiger partial charge in [-0.3, -0.25) is 9.59 Å². The molecule has 0 rings (SSSR count). The van der Waals surface area contributed by atoms with Crippen LogP contribution >= 0.6 is 0 Å². The molecule has 14 heavy (non-hydrogen) atoms. The number of carboxylic acids is 1. The van der Waals surface area contributed by atoms with Gasteiger partial charge in [-0.25, -0.2) is 0 Å². The summed E-state index contributed by atoms with van der Waals surface area (Å²) >= 11 is 0. The molecule has 0 saturated carbocycles. The number of hydrogen-bond donors (Lipinski definition) is 3. The van der Waals surface area contributed by atoms with Gasteiger partial charge in [0, 0.05) is 19.4 Å². The van der Waals surface area contributed by atoms with Crippen molar-refractivity contribution in [2.75, 3.05) is 20.1 Å². The second-order valence-electron chi connectivity index (χ2n) is 3.05. The topological polar surface area (TPSA) is 78.4 Å². The smallest absolute Gasteiger partial charge is 0.303 e. The van der Waals surface area contributed by atoms with Crippen LogP contribution in [0.5, 0.6) is 0 Å². The molecule has 0 unspecified atom stereocenters. The molecule has 0 aliphatic rings. The summed E-state index contributed by atoms with van der Waals surface area (Å²) in [4.78, 5) is 21.2. The lowest BCUT2D eigenvalue weighted by molar-refractivity contribution is -0.137. The Morgan fingerprint density at radius 2 is 1.86 bits per heavy atom. The molecule has 0 heterocycles. The Balaban J connectivity index is 3.24. The van der Waals surface area contributed by atoms with Crippen molar-refractivity contribution >= 4 is 11.9 Å². The lowest BCUT2D eigenvalue weighted by atomic mass is 10.2. The molecule has 0 radical (unpaired) electrons. The maximum Gasteiger partial charge on any atom is 0.303 e. The Labute approximate surface area is 83.9 Å². The molecule has 82 valence electrons. The molecule has 0 aliphatic carbocycles. The van der Waals surface area contributed by atoms with E-state index in [9.17, 15) is 9.59 Å². The molecule has 5 nitrogen and oxygen atoms in total. The van der Waals surface area contributed by atoms with Crippen LogP contribution in [0.15, 0.2) is 0 Å². The SMILES string of the molecule is CNCCCNC(=O)CCCC(=O)O. The fourth-order valence-corrected chi connectivity index (χ4v) is 0.982. The van der Waals surface area contributed by atoms with E-state index in [1.165, 1.54) is 0 Å². The summed E-state index contributed by atoms with van der Waals surface area (Å²) < 4.78 is 0. The van der Waals surface area contributed by atoms with E-state index in [1.54, 1.807) is 0 Å². The van der Waals surface area contributed by atoms with E-state index >= 15 is 0 Å². The quantitative estimate of drug-likeness (QED) is 0.483. The zero-order valence-corrected chi connectivity index (χ0v) is 8.51. The van der Waals surface area contributed by atoms with Gasteiger partial charge >= 0.3 is 5.97 Å². The van der Waals surface area contributed by atoms with E-state index in [1.807, 2.05) is 7.05 Å². The molecule has 0 aromatic carbocycles. The molecule has 0 aliphatic heterocycles. The summed E-state index contributed by atoms with van der Waals surface area (Å²) in [6, 6.07) is 0. The van der Waals surface area contributed by atoms with Crippen molar-refractivity contribution in [2.45, 2.75) is 25.7 Å². The predicted molar refractivity (Wildman–Crippen MR) is 53.0 cm³/mol. The van der Waals surface area contributed by atoms with Crippen LogP contribution in [-0.4, -0.2) is 37.1 Å². The molecule has 3 N–H and O–H groups in total. The zero-order valence-electron chi connectivity index (χ0n) is 8.51. The monoisotopic (exact) mass is 202 g/mol. The van der Waals surface area contributed by atoms with Crippen molar-refractivity contribution in [1.29, 1.82) is 0 Å². The fraction of sp³-hybridized carbons (Fsp3) is 0.778. The van der Waals surface area contributed by atoms with E-state index in [0.29, 0.717) is 19.4 Å². The first-order valence-corrected chi connectivity index (χ1v) is 4.80. The van der Waals surface area contributed by atoms with Crippen LogP contribution in [0.4, 0.5) is 0 Å². The third-order valence-corrected chi connectivity index (χ3v) is 1.72. The lowest BCUT2D eigenvalue weighted by Crippen LogP contribution is -2.26. The molecule has 0 bridgehead atoms. The molecule has 0 fully saturated rings. The Morgan fingerprint density at radius 3 is 2.43 bits per heavy atom. The maximum atomic E-state index is 11.1. The molecule has 0 spiro atoms. The van der Waals surface area contributed by atoms with Crippen molar-refractivity contribution in [3.63, 3.8) is 0 Å². The highest BCUT2D eigenvalue weighted by atomic mass is 16.4. The highest BCUT2D eigenvalue weighted by Gasteiger charge is 2.02. The van der Waals surface area contributed by atoms with Crippen LogP contribution in [0.25, 0.3) is 0 Å². The van der Waals surface area contributed by atoms with Crippen LogP contribution in [0.1, 0.15) is 25.7 Å². The maximum absolute atomic E-state index is 11.1. The summed E-state index contributed by atoms with van der Waals surface area (Å²) in [7, 11) is 1.86. The average molecular weight is 202 g/mol. The minimum atomic E-state index is -0.854. The first kappa shape index (κ1) is 12.9. The minimum absolute atomic E-state index is 0.0595. The summed E-state index contributed by atoms with van der Waals surface area (Å²) in [5, 5.41) is 14.0.